The van der Waals surface area contributed by atoms with Crippen LogP contribution in [0.4, 0.5) is 5.69 Å². The third kappa shape index (κ3) is 4.06. The van der Waals surface area contributed by atoms with Gasteiger partial charge in [-0.2, -0.15) is 0 Å². The lowest BCUT2D eigenvalue weighted by atomic mass is 10.0. The summed E-state index contributed by atoms with van der Waals surface area (Å²) in [5, 5.41) is 1.98. The fraction of sp³-hybridized carbons (Fsp3) is 0.0811. The van der Waals surface area contributed by atoms with E-state index < -0.39 is 0 Å². The van der Waals surface area contributed by atoms with Crippen molar-refractivity contribution < 1.29 is 9.59 Å². The van der Waals surface area contributed by atoms with Crippen LogP contribution in [-0.2, 0) is 0 Å². The number of amides is 2. The first-order chi connectivity index (χ1) is 21.9. The molecule has 0 N–H and O–H groups in total. The van der Waals surface area contributed by atoms with Crippen molar-refractivity contribution in [2.45, 2.75) is 20.8 Å². The van der Waals surface area contributed by atoms with E-state index in [1.54, 1.807) is 30.9 Å². The van der Waals surface area contributed by atoms with Gasteiger partial charge in [0.15, 0.2) is 0 Å². The van der Waals surface area contributed by atoms with Crippen LogP contribution >= 0.6 is 0 Å². The van der Waals surface area contributed by atoms with Crippen molar-refractivity contribution in [3.05, 3.63) is 132 Å². The van der Waals surface area contributed by atoms with Gasteiger partial charge < -0.3 is 4.57 Å². The van der Waals surface area contributed by atoms with Gasteiger partial charge in [-0.1, -0.05) is 35.9 Å². The standard InChI is InChI=1S/C37H26N6O2/c1-21-11-22(2)35(23(3)12-21)43-36(44)28-5-4-6-33(34(28)37(43)45)42-31-9-7-24(26-15-38-19-39-16-26)13-29(31)30-14-25(8-10-32(30)42)27-17-40-20-41-18-27/h4-20H,1-3H3. The van der Waals surface area contributed by atoms with E-state index in [0.29, 0.717) is 22.5 Å². The first-order valence-electron chi connectivity index (χ1n) is 14.6. The van der Waals surface area contributed by atoms with E-state index >= 15 is 0 Å². The van der Waals surface area contributed by atoms with Gasteiger partial charge in [0, 0.05) is 46.7 Å². The number of anilines is 1. The Hall–Kier alpha value is -6.02. The number of benzene rings is 4. The van der Waals surface area contributed by atoms with Gasteiger partial charge in [-0.15, -0.1) is 0 Å². The molecule has 1 aliphatic heterocycles. The number of rotatable bonds is 4. The molecule has 0 saturated carbocycles. The fourth-order valence-electron chi connectivity index (χ4n) is 6.72. The summed E-state index contributed by atoms with van der Waals surface area (Å²) in [6, 6.07) is 21.9. The van der Waals surface area contributed by atoms with Crippen molar-refractivity contribution in [1.82, 2.24) is 24.5 Å². The molecule has 7 aromatic rings. The number of fused-ring (bicyclic) bond motifs is 4. The largest absolute Gasteiger partial charge is 0.308 e. The molecule has 0 unspecified atom stereocenters. The average molecular weight is 587 g/mol. The van der Waals surface area contributed by atoms with Crippen LogP contribution in [0.3, 0.4) is 0 Å². The molecule has 8 heteroatoms. The Morgan fingerprint density at radius 1 is 0.578 bits per heavy atom. The quantitative estimate of drug-likeness (QED) is 0.199. The maximum absolute atomic E-state index is 14.3. The van der Waals surface area contributed by atoms with Crippen LogP contribution in [0.5, 0.6) is 0 Å². The Bertz CT molecular complexity index is 2230. The number of imide groups is 1. The van der Waals surface area contributed by atoms with Gasteiger partial charge in [-0.05, 0) is 79.4 Å². The summed E-state index contributed by atoms with van der Waals surface area (Å²) < 4.78 is 2.09. The molecule has 4 aromatic carbocycles. The van der Waals surface area contributed by atoms with Crippen LogP contribution in [0.1, 0.15) is 37.4 Å². The van der Waals surface area contributed by atoms with Crippen LogP contribution in [0.15, 0.2) is 104 Å². The molecule has 0 radical (unpaired) electrons. The molecule has 0 saturated heterocycles. The van der Waals surface area contributed by atoms with E-state index in [1.807, 2.05) is 57.2 Å². The first kappa shape index (κ1) is 26.6. The Kier molecular flexibility index (Phi) is 5.92. The lowest BCUT2D eigenvalue weighted by Gasteiger charge is -2.20. The van der Waals surface area contributed by atoms with Gasteiger partial charge in [0.2, 0.25) is 0 Å². The van der Waals surface area contributed by atoms with E-state index in [4.69, 9.17) is 0 Å². The molecule has 1 aliphatic rings. The van der Waals surface area contributed by atoms with E-state index in [1.165, 1.54) is 17.6 Å². The van der Waals surface area contributed by atoms with Crippen LogP contribution in [0, 0.1) is 20.8 Å². The second-order valence-electron chi connectivity index (χ2n) is 11.4. The summed E-state index contributed by atoms with van der Waals surface area (Å²) in [5.74, 6) is -0.642. The highest BCUT2D eigenvalue weighted by molar-refractivity contribution is 6.36. The molecule has 4 heterocycles. The van der Waals surface area contributed by atoms with Crippen LogP contribution < -0.4 is 4.90 Å². The Morgan fingerprint density at radius 3 is 1.64 bits per heavy atom. The number of carbonyl (C=O) groups is 2. The molecule has 0 fully saturated rings. The normalized spacial score (nSPS) is 12.8. The topological polar surface area (TPSA) is 93.9 Å². The number of carbonyl (C=O) groups excluding carboxylic acids is 2. The van der Waals surface area contributed by atoms with Gasteiger partial charge in [0.1, 0.15) is 12.7 Å². The second kappa shape index (κ2) is 10.0. The Morgan fingerprint density at radius 2 is 1.11 bits per heavy atom. The SMILES string of the molecule is Cc1cc(C)c(N2C(=O)c3cccc(-n4c5ccc(-c6cncnc6)cc5c5cc(-c6cncnc6)ccc54)c3C2=O)c(C)c1. The molecule has 0 atom stereocenters. The maximum Gasteiger partial charge on any atom is 0.268 e. The van der Waals surface area contributed by atoms with Crippen molar-refractivity contribution in [2.24, 2.45) is 0 Å². The number of nitrogens with zero attached hydrogens (tertiary/aromatic N) is 6. The third-order valence-corrected chi connectivity index (χ3v) is 8.55. The lowest BCUT2D eigenvalue weighted by molar-refractivity contribution is 0.0925. The zero-order chi connectivity index (χ0) is 30.8. The highest BCUT2D eigenvalue weighted by Crippen LogP contribution is 2.41. The number of aryl methyl sites for hydroxylation is 3. The van der Waals surface area contributed by atoms with E-state index in [-0.39, 0.29) is 11.8 Å². The molecule has 0 spiro atoms. The molecule has 2 amide bonds. The molecular weight excluding hydrogens is 560 g/mol. The van der Waals surface area contributed by atoms with E-state index in [0.717, 1.165) is 60.8 Å². The zero-order valence-corrected chi connectivity index (χ0v) is 24.8. The summed E-state index contributed by atoms with van der Waals surface area (Å²) in [6.07, 6.45) is 10.2. The molecular formula is C37H26N6O2. The van der Waals surface area contributed by atoms with Crippen LogP contribution in [0.2, 0.25) is 0 Å². The minimum Gasteiger partial charge on any atom is -0.308 e. The monoisotopic (exact) mass is 586 g/mol. The highest BCUT2D eigenvalue weighted by Gasteiger charge is 2.40. The number of aromatic nitrogens is 5. The molecule has 8 nitrogen and oxygen atoms in total. The van der Waals surface area contributed by atoms with E-state index in [2.05, 4.69) is 48.8 Å². The van der Waals surface area contributed by atoms with Gasteiger partial charge in [0.05, 0.1) is 33.5 Å². The van der Waals surface area contributed by atoms with Crippen LogP contribution in [-0.4, -0.2) is 36.3 Å². The Balaban J connectivity index is 1.39. The van der Waals surface area contributed by atoms with Gasteiger partial charge in [-0.3, -0.25) is 9.59 Å². The summed E-state index contributed by atoms with van der Waals surface area (Å²) in [5.41, 5.74) is 10.5. The van der Waals surface area contributed by atoms with Crippen LogP contribution in [0.25, 0.3) is 49.7 Å². The summed E-state index contributed by atoms with van der Waals surface area (Å²) in [6.45, 7) is 5.90. The van der Waals surface area contributed by atoms with Gasteiger partial charge in [0.25, 0.3) is 11.8 Å². The predicted octanol–water partition coefficient (Wildman–Crippen LogP) is 7.42. The minimum atomic E-state index is -0.327. The van der Waals surface area contributed by atoms with Crippen molar-refractivity contribution in [3.8, 4) is 27.9 Å². The van der Waals surface area contributed by atoms with Crippen molar-refractivity contribution in [3.63, 3.8) is 0 Å². The lowest BCUT2D eigenvalue weighted by Crippen LogP contribution is -2.31. The average Bonchev–Trinajstić information content (AvgIpc) is 3.51. The highest BCUT2D eigenvalue weighted by atomic mass is 16.2. The molecule has 8 rings (SSSR count). The molecule has 3 aromatic heterocycles. The molecule has 0 aliphatic carbocycles. The third-order valence-electron chi connectivity index (χ3n) is 8.55. The molecule has 0 bridgehead atoms. The van der Waals surface area contributed by atoms with Gasteiger partial charge in [-0.25, -0.2) is 24.8 Å². The zero-order valence-electron chi connectivity index (χ0n) is 24.8. The maximum atomic E-state index is 14.3. The Labute approximate surface area is 258 Å². The summed E-state index contributed by atoms with van der Waals surface area (Å²) in [7, 11) is 0. The fourth-order valence-corrected chi connectivity index (χ4v) is 6.72. The van der Waals surface area contributed by atoms with Crippen molar-refractivity contribution in [1.29, 1.82) is 0 Å². The first-order valence-corrected chi connectivity index (χ1v) is 14.6. The molecule has 45 heavy (non-hydrogen) atoms. The smallest absolute Gasteiger partial charge is 0.268 e. The van der Waals surface area contributed by atoms with E-state index in [9.17, 15) is 9.59 Å². The summed E-state index contributed by atoms with van der Waals surface area (Å²) in [4.78, 5) is 46.4. The molecule has 216 valence electrons. The summed E-state index contributed by atoms with van der Waals surface area (Å²) >= 11 is 0. The number of hydrogen-bond acceptors (Lipinski definition) is 6. The minimum absolute atomic E-state index is 0.314. The number of hydrogen-bond donors (Lipinski definition) is 0. The van der Waals surface area contributed by atoms with Crippen molar-refractivity contribution in [2.75, 3.05) is 4.90 Å². The van der Waals surface area contributed by atoms with Gasteiger partial charge >= 0.3 is 0 Å². The second-order valence-corrected chi connectivity index (χ2v) is 11.4. The van der Waals surface area contributed by atoms with Crippen molar-refractivity contribution >= 4 is 39.3 Å². The predicted molar refractivity (Wildman–Crippen MR) is 175 cm³/mol.